The number of hydrogen-bond donors (Lipinski definition) is 7. The Morgan fingerprint density at radius 3 is 2.17 bits per heavy atom. The zero-order valence-corrected chi connectivity index (χ0v) is 12.4. The van der Waals surface area contributed by atoms with E-state index in [1.807, 2.05) is 0 Å². The Labute approximate surface area is 136 Å². The lowest BCUT2D eigenvalue weighted by Crippen LogP contribution is -2.49. The smallest absolute Gasteiger partial charge is 0.233 e. The summed E-state index contributed by atoms with van der Waals surface area (Å²) in [6.07, 6.45) is -6.41. The summed E-state index contributed by atoms with van der Waals surface area (Å²) in [5, 5.41) is 64.7. The van der Waals surface area contributed by atoms with Crippen LogP contribution in [0.3, 0.4) is 0 Å². The Morgan fingerprint density at radius 1 is 1.00 bits per heavy atom. The Morgan fingerprint density at radius 2 is 1.62 bits per heavy atom. The molecule has 4 atom stereocenters. The second kappa shape index (κ2) is 8.52. The van der Waals surface area contributed by atoms with Crippen LogP contribution in [0.2, 0.25) is 0 Å². The van der Waals surface area contributed by atoms with Crippen molar-refractivity contribution in [3.05, 3.63) is 29.8 Å². The Hall–Kier alpha value is -2.30. The average molecular weight is 342 g/mol. The van der Waals surface area contributed by atoms with Gasteiger partial charge < -0.3 is 35.7 Å². The first-order valence-corrected chi connectivity index (χ1v) is 6.80. The molecule has 0 aromatic heterocycles. The van der Waals surface area contributed by atoms with Crippen molar-refractivity contribution in [2.24, 2.45) is 0 Å². The van der Waals surface area contributed by atoms with Crippen molar-refractivity contribution in [1.82, 2.24) is 0 Å². The average Bonchev–Trinajstić information content (AvgIpc) is 2.58. The fourth-order valence-electron chi connectivity index (χ4n) is 1.72. The van der Waals surface area contributed by atoms with Crippen LogP contribution < -0.4 is 0 Å². The van der Waals surface area contributed by atoms with Crippen molar-refractivity contribution < 1.29 is 45.3 Å². The van der Waals surface area contributed by atoms with Gasteiger partial charge in [0.1, 0.15) is 24.4 Å². The zero-order valence-electron chi connectivity index (χ0n) is 12.4. The van der Waals surface area contributed by atoms with Gasteiger partial charge in [0.15, 0.2) is 11.5 Å². The van der Waals surface area contributed by atoms with Gasteiger partial charge in [0.05, 0.1) is 6.61 Å². The molecule has 0 aliphatic heterocycles. The maximum Gasteiger partial charge on any atom is 0.233 e. The molecule has 0 heterocycles. The molecule has 9 heteroatoms. The summed E-state index contributed by atoms with van der Waals surface area (Å²) < 4.78 is 0. The Balaban J connectivity index is 2.77. The number of benzene rings is 1. The number of carbonyl (C=O) groups excluding carboxylic acids is 2. The summed E-state index contributed by atoms with van der Waals surface area (Å²) in [5.74, 6) is -3.46. The minimum Gasteiger partial charge on any atom is -0.504 e. The highest BCUT2D eigenvalue weighted by atomic mass is 16.4. The first kappa shape index (κ1) is 19.7. The van der Waals surface area contributed by atoms with Gasteiger partial charge in [-0.25, -0.2) is 0 Å². The number of aliphatic hydroxyl groups excluding tert-OH is 5. The molecule has 9 nitrogen and oxygen atoms in total. The number of rotatable bonds is 8. The van der Waals surface area contributed by atoms with Crippen LogP contribution in [0, 0.1) is 0 Å². The van der Waals surface area contributed by atoms with Crippen LogP contribution >= 0.6 is 0 Å². The molecule has 1 aromatic rings. The van der Waals surface area contributed by atoms with E-state index >= 15 is 0 Å². The minimum atomic E-state index is -2.30. The predicted octanol–water partition coefficient (Wildman–Crippen LogP) is -2.31. The molecule has 1 rings (SSSR count). The molecule has 0 bridgehead atoms. The third kappa shape index (κ3) is 4.85. The number of phenols is 2. The van der Waals surface area contributed by atoms with E-state index in [1.54, 1.807) is 0 Å². The number of ketones is 2. The quantitative estimate of drug-likeness (QED) is 0.155. The summed E-state index contributed by atoms with van der Waals surface area (Å²) in [5.41, 5.74) is 0.275. The second-order valence-corrected chi connectivity index (χ2v) is 4.99. The number of hydrogen-bond acceptors (Lipinski definition) is 9. The topological polar surface area (TPSA) is 176 Å². The van der Waals surface area contributed by atoms with Crippen molar-refractivity contribution in [1.29, 1.82) is 0 Å². The molecule has 7 N–H and O–H groups in total. The van der Waals surface area contributed by atoms with Crippen LogP contribution in [0.15, 0.2) is 24.3 Å². The molecule has 0 amide bonds. The fraction of sp³-hybridized carbons (Fsp3) is 0.333. The predicted molar refractivity (Wildman–Crippen MR) is 79.9 cm³/mol. The molecule has 4 unspecified atom stereocenters. The monoisotopic (exact) mass is 342 g/mol. The van der Waals surface area contributed by atoms with Gasteiger partial charge in [-0.05, 0) is 23.8 Å². The highest BCUT2D eigenvalue weighted by Crippen LogP contribution is 2.25. The van der Waals surface area contributed by atoms with Crippen LogP contribution in [-0.4, -0.2) is 78.3 Å². The third-order valence-electron chi connectivity index (χ3n) is 3.19. The van der Waals surface area contributed by atoms with E-state index in [4.69, 9.17) is 15.3 Å². The lowest BCUT2D eigenvalue weighted by molar-refractivity contribution is -0.152. The van der Waals surface area contributed by atoms with E-state index in [0.717, 1.165) is 24.3 Å². The number of aromatic hydroxyl groups is 2. The molecule has 0 saturated carbocycles. The van der Waals surface area contributed by atoms with Crippen LogP contribution in [0.5, 0.6) is 11.5 Å². The number of Topliss-reactive ketones (excluding diaryl/α,β-unsaturated/α-hetero) is 1. The van der Waals surface area contributed by atoms with E-state index in [0.29, 0.717) is 0 Å². The summed E-state index contributed by atoms with van der Waals surface area (Å²) in [7, 11) is 0. The van der Waals surface area contributed by atoms with E-state index < -0.39 is 48.3 Å². The van der Waals surface area contributed by atoms with Gasteiger partial charge in [0.2, 0.25) is 11.6 Å². The zero-order chi connectivity index (χ0) is 18.4. The summed E-state index contributed by atoms with van der Waals surface area (Å²) >= 11 is 0. The maximum atomic E-state index is 11.7. The van der Waals surface area contributed by atoms with Crippen molar-refractivity contribution in [3.8, 4) is 11.5 Å². The second-order valence-electron chi connectivity index (χ2n) is 4.99. The molecule has 0 spiro atoms. The first-order chi connectivity index (χ1) is 11.2. The number of allylic oxidation sites excluding steroid dienone is 1. The van der Waals surface area contributed by atoms with E-state index in [9.17, 15) is 30.0 Å². The highest BCUT2D eigenvalue weighted by molar-refractivity contribution is 6.43. The van der Waals surface area contributed by atoms with Crippen molar-refractivity contribution in [2.45, 2.75) is 24.4 Å². The maximum absolute atomic E-state index is 11.7. The van der Waals surface area contributed by atoms with E-state index in [1.165, 1.54) is 6.07 Å². The van der Waals surface area contributed by atoms with E-state index in [-0.39, 0.29) is 11.3 Å². The Kier molecular flexibility index (Phi) is 7.01. The van der Waals surface area contributed by atoms with Gasteiger partial charge in [-0.1, -0.05) is 12.1 Å². The van der Waals surface area contributed by atoms with E-state index in [2.05, 4.69) is 0 Å². The van der Waals surface area contributed by atoms with Gasteiger partial charge in [0.25, 0.3) is 0 Å². The molecule has 1 aromatic carbocycles. The fourth-order valence-corrected chi connectivity index (χ4v) is 1.72. The third-order valence-corrected chi connectivity index (χ3v) is 3.19. The molecular weight excluding hydrogens is 324 g/mol. The van der Waals surface area contributed by atoms with Crippen molar-refractivity contribution in [2.75, 3.05) is 6.61 Å². The van der Waals surface area contributed by atoms with Crippen molar-refractivity contribution >= 4 is 17.6 Å². The summed E-state index contributed by atoms with van der Waals surface area (Å²) in [6, 6.07) is 3.62. The number of carbonyl (C=O) groups is 2. The van der Waals surface area contributed by atoms with Crippen LogP contribution in [0.4, 0.5) is 0 Å². The van der Waals surface area contributed by atoms with Crippen LogP contribution in [-0.2, 0) is 9.59 Å². The van der Waals surface area contributed by atoms with Gasteiger partial charge in [-0.15, -0.1) is 0 Å². The molecule has 0 aliphatic carbocycles. The summed E-state index contributed by atoms with van der Waals surface area (Å²) in [4.78, 5) is 23.3. The molecular formula is C15H18O9. The molecule has 24 heavy (non-hydrogen) atoms. The standard InChI is InChI=1S/C15H18O9/c16-6-11(20)13(22)15(24)14(23)12(21)9(18)4-2-7-1-3-8(17)10(19)5-7/h1-5,11,13-17,19-20,22-24H,6H2. The van der Waals surface area contributed by atoms with Gasteiger partial charge in [-0.3, -0.25) is 9.59 Å². The first-order valence-electron chi connectivity index (χ1n) is 6.80. The highest BCUT2D eigenvalue weighted by Gasteiger charge is 2.36. The normalized spacial score (nSPS) is 16.5. The lowest BCUT2D eigenvalue weighted by Gasteiger charge is -2.24. The minimum absolute atomic E-state index is 0.275. The molecule has 0 aliphatic rings. The lowest BCUT2D eigenvalue weighted by atomic mass is 9.98. The molecule has 132 valence electrons. The van der Waals surface area contributed by atoms with Gasteiger partial charge in [0, 0.05) is 0 Å². The van der Waals surface area contributed by atoms with Gasteiger partial charge in [-0.2, -0.15) is 0 Å². The number of aliphatic hydroxyl groups is 5. The van der Waals surface area contributed by atoms with Crippen LogP contribution in [0.1, 0.15) is 5.56 Å². The van der Waals surface area contributed by atoms with Gasteiger partial charge >= 0.3 is 0 Å². The number of phenolic OH excluding ortho intramolecular Hbond substituents is 2. The molecule has 0 radical (unpaired) electrons. The van der Waals surface area contributed by atoms with Crippen molar-refractivity contribution in [3.63, 3.8) is 0 Å². The molecule has 0 fully saturated rings. The largest absolute Gasteiger partial charge is 0.504 e. The Bertz CT molecular complexity index is 625. The van der Waals surface area contributed by atoms with Crippen LogP contribution in [0.25, 0.3) is 6.08 Å². The molecule has 0 saturated heterocycles. The SMILES string of the molecule is O=C(C=Cc1ccc(O)c(O)c1)C(=O)C(O)C(O)C(O)C(O)CO. The summed E-state index contributed by atoms with van der Waals surface area (Å²) in [6.45, 7) is -0.919.